The highest BCUT2D eigenvalue weighted by molar-refractivity contribution is 7.80. The number of H-pyrrole nitrogens is 1. The summed E-state index contributed by atoms with van der Waals surface area (Å²) >= 11 is 4.27. The van der Waals surface area contributed by atoms with E-state index in [2.05, 4.69) is 22.6 Å². The molecule has 0 atom stereocenters. The fraction of sp³-hybridized carbons (Fsp3) is 0.0625. The molecule has 2 aromatic carbocycles. The number of fused-ring (bicyclic) bond motifs is 1. The lowest BCUT2D eigenvalue weighted by atomic mass is 10.00. The number of aromatic hydroxyl groups is 1. The molecular formula is C16H12N2O3S. The first-order valence-corrected chi connectivity index (χ1v) is 6.97. The van der Waals surface area contributed by atoms with Gasteiger partial charge in [0.15, 0.2) is 5.78 Å². The quantitative estimate of drug-likeness (QED) is 0.501. The zero-order chi connectivity index (χ0) is 15.9. The molecule has 0 aliphatic heterocycles. The number of aromatic nitrogens is 2. The summed E-state index contributed by atoms with van der Waals surface area (Å²) in [7, 11) is 0. The molecule has 6 heteroatoms. The van der Waals surface area contributed by atoms with Crippen molar-refractivity contribution in [1.29, 1.82) is 0 Å². The molecule has 1 aromatic heterocycles. The Labute approximate surface area is 131 Å². The molecule has 3 rings (SSSR count). The molecule has 0 saturated carbocycles. The summed E-state index contributed by atoms with van der Waals surface area (Å²) in [6, 6.07) is 7.88. The minimum absolute atomic E-state index is 0.169. The lowest BCUT2D eigenvalue weighted by molar-refractivity contribution is 0.103. The van der Waals surface area contributed by atoms with E-state index in [0.717, 1.165) is 10.5 Å². The number of aromatic amines is 1. The molecule has 1 heterocycles. The SMILES string of the molecule is Cc1cc(C(=O)c2cc(O)c3nc[nH]c(=O)c3c2)ccc1S. The standard InChI is InChI=1S/C16H12N2O3S/c1-8-4-9(2-3-13(8)22)15(20)10-5-11-14(12(19)6-10)17-7-18-16(11)21/h2-7,19,22H,1H3,(H,17,18,21). The Kier molecular flexibility index (Phi) is 3.46. The molecule has 0 amide bonds. The van der Waals surface area contributed by atoms with Gasteiger partial charge in [-0.15, -0.1) is 12.6 Å². The van der Waals surface area contributed by atoms with Gasteiger partial charge in [-0.2, -0.15) is 0 Å². The van der Waals surface area contributed by atoms with Crippen LogP contribution >= 0.6 is 12.6 Å². The van der Waals surface area contributed by atoms with Gasteiger partial charge in [-0.1, -0.05) is 0 Å². The minimum atomic E-state index is -0.406. The van der Waals surface area contributed by atoms with Crippen LogP contribution in [0.25, 0.3) is 10.9 Å². The predicted molar refractivity (Wildman–Crippen MR) is 85.9 cm³/mol. The second-order valence-corrected chi connectivity index (χ2v) is 5.44. The van der Waals surface area contributed by atoms with E-state index in [1.807, 2.05) is 6.92 Å². The Bertz CT molecular complexity index is 963. The number of ketones is 1. The van der Waals surface area contributed by atoms with Crippen molar-refractivity contribution < 1.29 is 9.90 Å². The monoisotopic (exact) mass is 312 g/mol. The van der Waals surface area contributed by atoms with Crippen LogP contribution in [0, 0.1) is 6.92 Å². The molecule has 0 aliphatic rings. The molecule has 2 N–H and O–H groups in total. The maximum atomic E-state index is 12.5. The van der Waals surface area contributed by atoms with Crippen LogP contribution in [0.15, 0.2) is 46.3 Å². The second kappa shape index (κ2) is 5.31. The van der Waals surface area contributed by atoms with Crippen molar-refractivity contribution in [3.8, 4) is 5.75 Å². The largest absolute Gasteiger partial charge is 0.506 e. The van der Waals surface area contributed by atoms with Crippen LogP contribution in [0.3, 0.4) is 0 Å². The Balaban J connectivity index is 2.17. The topological polar surface area (TPSA) is 83.0 Å². The maximum Gasteiger partial charge on any atom is 0.258 e. The summed E-state index contributed by atoms with van der Waals surface area (Å²) in [4.78, 5) is 31.5. The van der Waals surface area contributed by atoms with Gasteiger partial charge in [-0.05, 0) is 42.8 Å². The van der Waals surface area contributed by atoms with Crippen LogP contribution in [-0.2, 0) is 0 Å². The molecule has 5 nitrogen and oxygen atoms in total. The van der Waals surface area contributed by atoms with Gasteiger partial charge in [0.05, 0.1) is 11.7 Å². The van der Waals surface area contributed by atoms with Gasteiger partial charge >= 0.3 is 0 Å². The van der Waals surface area contributed by atoms with Crippen molar-refractivity contribution >= 4 is 29.3 Å². The number of phenols is 1. The summed E-state index contributed by atoms with van der Waals surface area (Å²) < 4.78 is 0. The zero-order valence-electron chi connectivity index (χ0n) is 11.6. The van der Waals surface area contributed by atoms with Gasteiger partial charge in [-0.25, -0.2) is 4.98 Å². The number of rotatable bonds is 2. The molecule has 110 valence electrons. The molecule has 3 aromatic rings. The third-order valence-electron chi connectivity index (χ3n) is 3.44. The van der Waals surface area contributed by atoms with Crippen LogP contribution in [0.5, 0.6) is 5.75 Å². The Hall–Kier alpha value is -2.60. The lowest BCUT2D eigenvalue weighted by Crippen LogP contribution is -2.09. The van der Waals surface area contributed by atoms with E-state index >= 15 is 0 Å². The van der Waals surface area contributed by atoms with Crippen molar-refractivity contribution in [2.75, 3.05) is 0 Å². The number of hydrogen-bond donors (Lipinski definition) is 3. The van der Waals surface area contributed by atoms with E-state index in [9.17, 15) is 14.7 Å². The average Bonchev–Trinajstić information content (AvgIpc) is 2.50. The number of benzene rings is 2. The van der Waals surface area contributed by atoms with Crippen molar-refractivity contribution in [1.82, 2.24) is 9.97 Å². The van der Waals surface area contributed by atoms with Crippen LogP contribution in [-0.4, -0.2) is 20.9 Å². The predicted octanol–water partition coefficient (Wildman–Crippen LogP) is 2.46. The number of thiol groups is 1. The van der Waals surface area contributed by atoms with Gasteiger partial charge in [0.2, 0.25) is 0 Å². The van der Waals surface area contributed by atoms with E-state index in [1.54, 1.807) is 18.2 Å². The summed E-state index contributed by atoms with van der Waals surface area (Å²) in [5.74, 6) is -0.480. The summed E-state index contributed by atoms with van der Waals surface area (Å²) in [6.45, 7) is 1.85. The van der Waals surface area contributed by atoms with E-state index in [1.165, 1.54) is 18.5 Å². The highest BCUT2D eigenvalue weighted by Gasteiger charge is 2.15. The van der Waals surface area contributed by atoms with Crippen LogP contribution in [0.4, 0.5) is 0 Å². The molecule has 0 unspecified atom stereocenters. The lowest BCUT2D eigenvalue weighted by Gasteiger charge is -2.06. The average molecular weight is 312 g/mol. The van der Waals surface area contributed by atoms with Gasteiger partial charge in [0.1, 0.15) is 11.3 Å². The number of nitrogens with zero attached hydrogens (tertiary/aromatic N) is 1. The molecule has 0 bridgehead atoms. The van der Waals surface area contributed by atoms with Gasteiger partial charge in [0, 0.05) is 16.0 Å². The summed E-state index contributed by atoms with van der Waals surface area (Å²) in [6.07, 6.45) is 1.21. The number of carbonyl (C=O) groups excluding carboxylic acids is 1. The van der Waals surface area contributed by atoms with Crippen molar-refractivity contribution in [3.63, 3.8) is 0 Å². The molecule has 22 heavy (non-hydrogen) atoms. The third kappa shape index (κ3) is 2.37. The fourth-order valence-corrected chi connectivity index (χ4v) is 2.39. The number of phenolic OH excluding ortho intramolecular Hbond substituents is 1. The van der Waals surface area contributed by atoms with Crippen LogP contribution in [0.2, 0.25) is 0 Å². The van der Waals surface area contributed by atoms with Crippen molar-refractivity contribution in [2.24, 2.45) is 0 Å². The molecule has 0 saturated heterocycles. The molecule has 0 radical (unpaired) electrons. The smallest absolute Gasteiger partial charge is 0.258 e. The van der Waals surface area contributed by atoms with Crippen molar-refractivity contribution in [3.05, 3.63) is 63.7 Å². The van der Waals surface area contributed by atoms with Crippen molar-refractivity contribution in [2.45, 2.75) is 11.8 Å². The van der Waals surface area contributed by atoms with Gasteiger partial charge < -0.3 is 10.1 Å². The van der Waals surface area contributed by atoms with E-state index in [0.29, 0.717) is 5.56 Å². The minimum Gasteiger partial charge on any atom is -0.506 e. The Morgan fingerprint density at radius 1 is 1.23 bits per heavy atom. The summed E-state index contributed by atoms with van der Waals surface area (Å²) in [5, 5.41) is 10.2. The molecule has 0 aliphatic carbocycles. The molecule has 0 fully saturated rings. The van der Waals surface area contributed by atoms with E-state index < -0.39 is 5.56 Å². The first kappa shape index (κ1) is 14.3. The maximum absolute atomic E-state index is 12.5. The third-order valence-corrected chi connectivity index (χ3v) is 3.95. The highest BCUT2D eigenvalue weighted by Crippen LogP contribution is 2.24. The number of aryl methyl sites for hydroxylation is 1. The normalized spacial score (nSPS) is 10.8. The number of carbonyl (C=O) groups is 1. The zero-order valence-corrected chi connectivity index (χ0v) is 12.5. The molecule has 0 spiro atoms. The number of hydrogen-bond acceptors (Lipinski definition) is 5. The fourth-order valence-electron chi connectivity index (χ4n) is 2.26. The second-order valence-electron chi connectivity index (χ2n) is 4.95. The van der Waals surface area contributed by atoms with E-state index in [-0.39, 0.29) is 28.0 Å². The first-order valence-electron chi connectivity index (χ1n) is 6.52. The molecular weight excluding hydrogens is 300 g/mol. The summed E-state index contributed by atoms with van der Waals surface area (Å²) in [5.41, 5.74) is 1.34. The van der Waals surface area contributed by atoms with Gasteiger partial charge in [-0.3, -0.25) is 9.59 Å². The first-order chi connectivity index (χ1) is 10.5. The van der Waals surface area contributed by atoms with Crippen LogP contribution < -0.4 is 5.56 Å². The van der Waals surface area contributed by atoms with Crippen LogP contribution in [0.1, 0.15) is 21.5 Å². The highest BCUT2D eigenvalue weighted by atomic mass is 32.1. The van der Waals surface area contributed by atoms with E-state index in [4.69, 9.17) is 0 Å². The Morgan fingerprint density at radius 3 is 2.73 bits per heavy atom. The van der Waals surface area contributed by atoms with Gasteiger partial charge in [0.25, 0.3) is 5.56 Å². The Morgan fingerprint density at radius 2 is 2.00 bits per heavy atom. The number of nitrogens with one attached hydrogen (secondary N) is 1.